The van der Waals surface area contributed by atoms with E-state index in [1.807, 2.05) is 18.4 Å². The zero-order chi connectivity index (χ0) is 13.4. The molecule has 2 heterocycles. The lowest BCUT2D eigenvalue weighted by atomic mass is 10.1. The molecular formula is C13H10ClN3OS. The van der Waals surface area contributed by atoms with Gasteiger partial charge in [-0.2, -0.15) is 0 Å². The first-order valence-corrected chi connectivity index (χ1v) is 7.06. The van der Waals surface area contributed by atoms with Gasteiger partial charge in [-0.3, -0.25) is 9.69 Å². The van der Waals surface area contributed by atoms with Gasteiger partial charge in [0.2, 0.25) is 5.13 Å². The van der Waals surface area contributed by atoms with Gasteiger partial charge in [-0.25, -0.2) is 9.98 Å². The van der Waals surface area contributed by atoms with Crippen molar-refractivity contribution in [2.45, 2.75) is 6.92 Å². The summed E-state index contributed by atoms with van der Waals surface area (Å²) in [7, 11) is 0. The van der Waals surface area contributed by atoms with Gasteiger partial charge in [-0.15, -0.1) is 11.3 Å². The van der Waals surface area contributed by atoms with Crippen molar-refractivity contribution in [2.24, 2.45) is 4.99 Å². The van der Waals surface area contributed by atoms with Crippen molar-refractivity contribution in [1.29, 1.82) is 0 Å². The van der Waals surface area contributed by atoms with E-state index in [9.17, 15) is 4.79 Å². The molecule has 0 saturated carbocycles. The number of hydrogen-bond donors (Lipinski definition) is 0. The van der Waals surface area contributed by atoms with E-state index in [0.29, 0.717) is 28.1 Å². The lowest BCUT2D eigenvalue weighted by Crippen LogP contribution is -2.29. The molecule has 1 amide bonds. The average Bonchev–Trinajstić information content (AvgIpc) is 2.99. The summed E-state index contributed by atoms with van der Waals surface area (Å²) in [5.74, 6) is 0.587. The Bertz CT molecular complexity index is 667. The highest BCUT2D eigenvalue weighted by Gasteiger charge is 2.32. The summed E-state index contributed by atoms with van der Waals surface area (Å²) < 4.78 is 0. The molecule has 2 aromatic rings. The van der Waals surface area contributed by atoms with Crippen molar-refractivity contribution < 1.29 is 4.79 Å². The largest absolute Gasteiger partial charge is 0.292 e. The molecule has 0 fully saturated rings. The maximum absolute atomic E-state index is 12.3. The zero-order valence-corrected chi connectivity index (χ0v) is 11.7. The first-order chi connectivity index (χ1) is 9.20. The molecule has 0 unspecified atom stereocenters. The Kier molecular flexibility index (Phi) is 3.08. The van der Waals surface area contributed by atoms with Crippen molar-refractivity contribution in [2.75, 3.05) is 6.54 Å². The van der Waals surface area contributed by atoms with Crippen LogP contribution in [-0.2, 0) is 0 Å². The molecule has 3 rings (SSSR count). The quantitative estimate of drug-likeness (QED) is 0.852. The highest BCUT2D eigenvalue weighted by molar-refractivity contribution is 7.13. The molecule has 0 saturated heterocycles. The van der Waals surface area contributed by atoms with E-state index < -0.39 is 0 Å². The van der Waals surface area contributed by atoms with Crippen LogP contribution in [0.4, 0.5) is 5.13 Å². The molecule has 1 aliphatic rings. The van der Waals surface area contributed by atoms with E-state index in [0.717, 1.165) is 5.56 Å². The Labute approximate surface area is 119 Å². The molecule has 0 aliphatic carbocycles. The lowest BCUT2D eigenvalue weighted by Gasteiger charge is -2.13. The number of thiazole rings is 1. The van der Waals surface area contributed by atoms with Crippen LogP contribution in [0.25, 0.3) is 0 Å². The highest BCUT2D eigenvalue weighted by atomic mass is 35.5. The molecule has 0 N–H and O–H groups in total. The molecule has 19 heavy (non-hydrogen) atoms. The summed E-state index contributed by atoms with van der Waals surface area (Å²) in [5, 5.41) is 3.05. The minimum absolute atomic E-state index is 0.0599. The molecule has 0 radical (unpaired) electrons. The third-order valence-corrected chi connectivity index (χ3v) is 3.79. The summed E-state index contributed by atoms with van der Waals surface area (Å²) >= 11 is 7.39. The van der Waals surface area contributed by atoms with E-state index in [-0.39, 0.29) is 5.91 Å². The van der Waals surface area contributed by atoms with E-state index in [2.05, 4.69) is 9.98 Å². The lowest BCUT2D eigenvalue weighted by molar-refractivity contribution is 0.0865. The molecule has 0 atom stereocenters. The molecule has 0 bridgehead atoms. The second kappa shape index (κ2) is 4.75. The number of aliphatic imine (C=N–C) groups is 1. The molecule has 1 aliphatic heterocycles. The van der Waals surface area contributed by atoms with Gasteiger partial charge in [-0.1, -0.05) is 11.6 Å². The minimum Gasteiger partial charge on any atom is -0.292 e. The number of benzene rings is 1. The van der Waals surface area contributed by atoms with Gasteiger partial charge in [0.05, 0.1) is 5.56 Å². The molecule has 1 aromatic heterocycles. The summed E-state index contributed by atoms with van der Waals surface area (Å²) in [5.41, 5.74) is 1.41. The molecule has 96 valence electrons. The molecule has 0 spiro atoms. The topological polar surface area (TPSA) is 45.6 Å². The Morgan fingerprint density at radius 1 is 1.42 bits per heavy atom. The number of carbonyl (C=O) groups excluding carboxylic acids is 1. The van der Waals surface area contributed by atoms with Crippen LogP contribution in [-0.4, -0.2) is 28.2 Å². The van der Waals surface area contributed by atoms with Crippen LogP contribution in [0.3, 0.4) is 0 Å². The second-order valence-corrected chi connectivity index (χ2v) is 5.30. The fourth-order valence-electron chi connectivity index (χ4n) is 2.05. The Morgan fingerprint density at radius 2 is 2.26 bits per heavy atom. The number of amidine groups is 1. The third-order valence-electron chi connectivity index (χ3n) is 2.89. The molecule has 6 heteroatoms. The van der Waals surface area contributed by atoms with Gasteiger partial charge in [0.1, 0.15) is 5.84 Å². The highest BCUT2D eigenvalue weighted by Crippen LogP contribution is 2.28. The van der Waals surface area contributed by atoms with Crippen LogP contribution < -0.4 is 0 Å². The van der Waals surface area contributed by atoms with Gasteiger partial charge in [0, 0.05) is 28.7 Å². The smallest absolute Gasteiger partial charge is 0.260 e. The summed E-state index contributed by atoms with van der Waals surface area (Å²) in [6.45, 7) is 2.48. The number of aromatic nitrogens is 1. The number of hydrogen-bond acceptors (Lipinski definition) is 4. The van der Waals surface area contributed by atoms with Gasteiger partial charge in [0.15, 0.2) is 0 Å². The fraction of sp³-hybridized carbons (Fsp3) is 0.154. The minimum atomic E-state index is -0.0599. The van der Waals surface area contributed by atoms with E-state index in [4.69, 9.17) is 11.6 Å². The van der Waals surface area contributed by atoms with E-state index in [1.165, 1.54) is 11.3 Å². The summed E-state index contributed by atoms with van der Waals surface area (Å²) in [6.07, 6.45) is 1.69. The van der Waals surface area contributed by atoms with Crippen LogP contribution in [0.1, 0.15) is 22.8 Å². The van der Waals surface area contributed by atoms with Crippen LogP contribution >= 0.6 is 22.9 Å². The van der Waals surface area contributed by atoms with Crippen molar-refractivity contribution in [3.05, 3.63) is 45.9 Å². The number of carbonyl (C=O) groups is 1. The molecule has 4 nitrogen and oxygen atoms in total. The van der Waals surface area contributed by atoms with Gasteiger partial charge in [-0.05, 0) is 25.1 Å². The number of nitrogens with zero attached hydrogens (tertiary/aromatic N) is 3. The normalized spacial score (nSPS) is 16.2. The molecule has 1 aromatic carbocycles. The number of halogens is 1. The first-order valence-electron chi connectivity index (χ1n) is 5.80. The van der Waals surface area contributed by atoms with Gasteiger partial charge >= 0.3 is 0 Å². The Morgan fingerprint density at radius 3 is 2.95 bits per heavy atom. The van der Waals surface area contributed by atoms with Gasteiger partial charge < -0.3 is 0 Å². The average molecular weight is 292 g/mol. The van der Waals surface area contributed by atoms with Gasteiger partial charge in [0.25, 0.3) is 5.91 Å². The van der Waals surface area contributed by atoms with Crippen molar-refractivity contribution in [3.63, 3.8) is 0 Å². The maximum Gasteiger partial charge on any atom is 0.260 e. The standard InChI is InChI=1S/C13H10ClN3OS/c1-2-17-11(16-13-15-5-6-19-13)9-4-3-8(14)7-10(9)12(17)18/h3-7H,2H2,1H3. The SMILES string of the molecule is CCN1C(=O)c2cc(Cl)ccc2C1=Nc1nccs1. The fourth-order valence-corrected chi connectivity index (χ4v) is 2.73. The monoisotopic (exact) mass is 291 g/mol. The number of rotatable bonds is 2. The zero-order valence-electron chi connectivity index (χ0n) is 10.1. The van der Waals surface area contributed by atoms with Crippen LogP contribution in [0.15, 0.2) is 34.8 Å². The van der Waals surface area contributed by atoms with Crippen molar-refractivity contribution >= 4 is 39.8 Å². The second-order valence-electron chi connectivity index (χ2n) is 3.99. The Balaban J connectivity index is 2.16. The van der Waals surface area contributed by atoms with Crippen LogP contribution in [0.5, 0.6) is 0 Å². The first kappa shape index (κ1) is 12.3. The van der Waals surface area contributed by atoms with Crippen LogP contribution in [0.2, 0.25) is 5.02 Å². The Hall–Kier alpha value is -1.72. The summed E-state index contributed by atoms with van der Waals surface area (Å²) in [4.78, 5) is 22.5. The predicted molar refractivity (Wildman–Crippen MR) is 76.5 cm³/mol. The summed E-state index contributed by atoms with van der Waals surface area (Å²) in [6, 6.07) is 5.29. The predicted octanol–water partition coefficient (Wildman–Crippen LogP) is 3.35. The van der Waals surface area contributed by atoms with E-state index in [1.54, 1.807) is 23.2 Å². The van der Waals surface area contributed by atoms with Crippen LogP contribution in [0, 0.1) is 0 Å². The van der Waals surface area contributed by atoms with Crippen molar-refractivity contribution in [3.8, 4) is 0 Å². The van der Waals surface area contributed by atoms with E-state index >= 15 is 0 Å². The molecular weight excluding hydrogens is 282 g/mol. The van der Waals surface area contributed by atoms with Crippen molar-refractivity contribution in [1.82, 2.24) is 9.88 Å². The third kappa shape index (κ3) is 2.05. The maximum atomic E-state index is 12.3. The number of amides is 1. The number of fused-ring (bicyclic) bond motifs is 1.